The summed E-state index contributed by atoms with van der Waals surface area (Å²) in [7, 11) is 0. The van der Waals surface area contributed by atoms with Gasteiger partial charge in [0.2, 0.25) is 12.7 Å². The molecule has 1 aliphatic rings. The van der Waals surface area contributed by atoms with E-state index in [4.69, 9.17) is 9.47 Å². The third-order valence-corrected chi connectivity index (χ3v) is 5.51. The number of nitrogens with one attached hydrogen (secondary N) is 2. The number of carbonyl (C=O) groups is 2. The van der Waals surface area contributed by atoms with Crippen molar-refractivity contribution in [2.24, 2.45) is 0 Å². The van der Waals surface area contributed by atoms with Crippen LogP contribution in [0.25, 0.3) is 10.8 Å². The van der Waals surface area contributed by atoms with Gasteiger partial charge in [0.25, 0.3) is 5.91 Å². The molecule has 2 amide bonds. The number of anilines is 1. The minimum Gasteiger partial charge on any atom is -0.454 e. The lowest BCUT2D eigenvalue weighted by Crippen LogP contribution is -2.25. The Labute approximate surface area is 191 Å². The predicted molar refractivity (Wildman–Crippen MR) is 126 cm³/mol. The molecule has 6 heteroatoms. The van der Waals surface area contributed by atoms with Crippen molar-refractivity contribution < 1.29 is 19.1 Å². The number of benzene rings is 4. The first-order chi connectivity index (χ1) is 16.2. The van der Waals surface area contributed by atoms with Crippen LogP contribution < -0.4 is 20.1 Å². The van der Waals surface area contributed by atoms with E-state index in [0.29, 0.717) is 29.3 Å². The predicted octanol–water partition coefficient (Wildman–Crippen LogP) is 4.68. The third-order valence-electron chi connectivity index (χ3n) is 5.51. The van der Waals surface area contributed by atoms with Crippen molar-refractivity contribution in [2.75, 3.05) is 12.1 Å². The zero-order chi connectivity index (χ0) is 22.6. The van der Waals surface area contributed by atoms with Gasteiger partial charge in [-0.05, 0) is 46.2 Å². The van der Waals surface area contributed by atoms with Crippen LogP contribution in [0.2, 0.25) is 0 Å². The molecule has 4 aromatic carbocycles. The summed E-state index contributed by atoms with van der Waals surface area (Å²) in [5.41, 5.74) is 2.69. The van der Waals surface area contributed by atoms with E-state index in [0.717, 1.165) is 21.9 Å². The number of ether oxygens (including phenoxy) is 2. The van der Waals surface area contributed by atoms with Crippen LogP contribution in [0.4, 0.5) is 5.69 Å². The zero-order valence-electron chi connectivity index (χ0n) is 17.8. The van der Waals surface area contributed by atoms with E-state index in [9.17, 15) is 9.59 Å². The van der Waals surface area contributed by atoms with Gasteiger partial charge in [-0.2, -0.15) is 0 Å². The molecule has 4 aromatic rings. The molecule has 0 aromatic heterocycles. The average Bonchev–Trinajstić information content (AvgIpc) is 3.31. The lowest BCUT2D eigenvalue weighted by atomic mass is 10.0. The molecule has 0 fully saturated rings. The minimum atomic E-state index is -0.269. The molecule has 1 heterocycles. The first kappa shape index (κ1) is 20.6. The first-order valence-corrected chi connectivity index (χ1v) is 10.7. The molecule has 0 saturated heterocycles. The van der Waals surface area contributed by atoms with Crippen molar-refractivity contribution in [3.63, 3.8) is 0 Å². The van der Waals surface area contributed by atoms with Crippen molar-refractivity contribution in [1.82, 2.24) is 5.32 Å². The van der Waals surface area contributed by atoms with E-state index < -0.39 is 0 Å². The normalized spacial score (nSPS) is 11.9. The molecule has 0 radical (unpaired) electrons. The average molecular weight is 438 g/mol. The van der Waals surface area contributed by atoms with Crippen molar-refractivity contribution >= 4 is 28.3 Å². The molecule has 0 aliphatic carbocycles. The highest BCUT2D eigenvalue weighted by atomic mass is 16.7. The molecular weight excluding hydrogens is 416 g/mol. The summed E-state index contributed by atoms with van der Waals surface area (Å²) in [4.78, 5) is 25.6. The monoisotopic (exact) mass is 438 g/mol. The molecule has 164 valence electrons. The zero-order valence-corrected chi connectivity index (χ0v) is 17.8. The fourth-order valence-corrected chi connectivity index (χ4v) is 3.85. The van der Waals surface area contributed by atoms with E-state index >= 15 is 0 Å². The molecule has 0 spiro atoms. The standard InChI is InChI=1S/C27H22N2O4/c30-26(15-18-9-11-20-5-1-2-6-21(20)13-18)29-23-8-4-3-7-22(23)27(31)28-16-19-10-12-24-25(14-19)33-17-32-24/h1-14H,15-17H2,(H,28,31)(H,29,30). The summed E-state index contributed by atoms with van der Waals surface area (Å²) in [6.45, 7) is 0.534. The molecule has 0 unspecified atom stereocenters. The third kappa shape index (κ3) is 4.65. The second kappa shape index (κ2) is 9.04. The summed E-state index contributed by atoms with van der Waals surface area (Å²) >= 11 is 0. The Kier molecular flexibility index (Phi) is 5.64. The maximum atomic E-state index is 12.8. The Balaban J connectivity index is 1.24. The highest BCUT2D eigenvalue weighted by Gasteiger charge is 2.16. The van der Waals surface area contributed by atoms with Gasteiger partial charge in [-0.25, -0.2) is 0 Å². The fraction of sp³-hybridized carbons (Fsp3) is 0.111. The van der Waals surface area contributed by atoms with Gasteiger partial charge < -0.3 is 20.1 Å². The van der Waals surface area contributed by atoms with Gasteiger partial charge in [-0.3, -0.25) is 9.59 Å². The summed E-state index contributed by atoms with van der Waals surface area (Å²) in [6.07, 6.45) is 0.220. The molecular formula is C27H22N2O4. The van der Waals surface area contributed by atoms with Gasteiger partial charge in [0.15, 0.2) is 11.5 Å². The van der Waals surface area contributed by atoms with E-state index in [1.54, 1.807) is 24.3 Å². The Hall–Kier alpha value is -4.32. The quantitative estimate of drug-likeness (QED) is 0.458. The van der Waals surface area contributed by atoms with Crippen LogP contribution in [0.1, 0.15) is 21.5 Å². The number of carbonyl (C=O) groups excluding carboxylic acids is 2. The largest absolute Gasteiger partial charge is 0.454 e. The minimum absolute atomic E-state index is 0.179. The van der Waals surface area contributed by atoms with Gasteiger partial charge in [-0.15, -0.1) is 0 Å². The Morgan fingerprint density at radius 1 is 0.758 bits per heavy atom. The Morgan fingerprint density at radius 2 is 1.52 bits per heavy atom. The number of para-hydroxylation sites is 1. The van der Waals surface area contributed by atoms with Gasteiger partial charge in [0, 0.05) is 6.54 Å². The SMILES string of the molecule is O=C(Cc1ccc2ccccc2c1)Nc1ccccc1C(=O)NCc1ccc2c(c1)OCO2. The molecule has 1 aliphatic heterocycles. The van der Waals surface area contributed by atoms with Crippen LogP contribution in [-0.2, 0) is 17.8 Å². The summed E-state index contributed by atoms with van der Waals surface area (Å²) < 4.78 is 10.7. The summed E-state index contributed by atoms with van der Waals surface area (Å²) in [6, 6.07) is 26.5. The fourth-order valence-electron chi connectivity index (χ4n) is 3.85. The molecule has 2 N–H and O–H groups in total. The second-order valence-electron chi connectivity index (χ2n) is 7.82. The Morgan fingerprint density at radius 3 is 2.42 bits per heavy atom. The maximum absolute atomic E-state index is 12.8. The molecule has 6 nitrogen and oxygen atoms in total. The van der Waals surface area contributed by atoms with Crippen LogP contribution in [0.5, 0.6) is 11.5 Å². The van der Waals surface area contributed by atoms with Gasteiger partial charge in [0.1, 0.15) is 0 Å². The molecule has 0 saturated carbocycles. The van der Waals surface area contributed by atoms with Crippen molar-refractivity contribution in [3.8, 4) is 11.5 Å². The van der Waals surface area contributed by atoms with Gasteiger partial charge in [-0.1, -0.05) is 60.7 Å². The maximum Gasteiger partial charge on any atom is 0.253 e. The summed E-state index contributed by atoms with van der Waals surface area (Å²) in [5.74, 6) is 0.920. The first-order valence-electron chi connectivity index (χ1n) is 10.7. The smallest absolute Gasteiger partial charge is 0.253 e. The molecule has 33 heavy (non-hydrogen) atoms. The summed E-state index contributed by atoms with van der Waals surface area (Å²) in [5, 5.41) is 8.01. The number of amides is 2. The number of hydrogen-bond donors (Lipinski definition) is 2. The van der Waals surface area contributed by atoms with Gasteiger partial charge in [0.05, 0.1) is 17.7 Å². The second-order valence-corrected chi connectivity index (χ2v) is 7.82. The van der Waals surface area contributed by atoms with Crippen molar-refractivity contribution in [1.29, 1.82) is 0 Å². The number of hydrogen-bond acceptors (Lipinski definition) is 4. The molecule has 5 rings (SSSR count). The van der Waals surface area contributed by atoms with Crippen LogP contribution in [-0.4, -0.2) is 18.6 Å². The molecule has 0 bridgehead atoms. The highest BCUT2D eigenvalue weighted by molar-refractivity contribution is 6.04. The van der Waals surface area contributed by atoms with E-state index in [1.165, 1.54) is 0 Å². The Bertz CT molecular complexity index is 1350. The van der Waals surface area contributed by atoms with Crippen molar-refractivity contribution in [3.05, 3.63) is 102 Å². The van der Waals surface area contributed by atoms with Crippen LogP contribution >= 0.6 is 0 Å². The van der Waals surface area contributed by atoms with Gasteiger partial charge >= 0.3 is 0 Å². The molecule has 0 atom stereocenters. The highest BCUT2D eigenvalue weighted by Crippen LogP contribution is 2.32. The number of fused-ring (bicyclic) bond motifs is 2. The lowest BCUT2D eigenvalue weighted by Gasteiger charge is -2.12. The van der Waals surface area contributed by atoms with E-state index in [2.05, 4.69) is 10.6 Å². The topological polar surface area (TPSA) is 76.7 Å². The van der Waals surface area contributed by atoms with E-state index in [-0.39, 0.29) is 25.0 Å². The van der Waals surface area contributed by atoms with Crippen molar-refractivity contribution in [2.45, 2.75) is 13.0 Å². The number of rotatable bonds is 6. The van der Waals surface area contributed by atoms with Crippen LogP contribution in [0, 0.1) is 0 Å². The van der Waals surface area contributed by atoms with Crippen LogP contribution in [0.3, 0.4) is 0 Å². The van der Waals surface area contributed by atoms with E-state index in [1.807, 2.05) is 60.7 Å². The lowest BCUT2D eigenvalue weighted by molar-refractivity contribution is -0.115. The van der Waals surface area contributed by atoms with Crippen LogP contribution in [0.15, 0.2) is 84.9 Å².